The average molecular weight is 530 g/mol. The van der Waals surface area contributed by atoms with E-state index in [4.69, 9.17) is 0 Å². The summed E-state index contributed by atoms with van der Waals surface area (Å²) >= 11 is 0. The van der Waals surface area contributed by atoms with Gasteiger partial charge in [0, 0.05) is 67.6 Å². The molecular weight excluding hydrogens is 497 g/mol. The van der Waals surface area contributed by atoms with Crippen molar-refractivity contribution in [2.24, 2.45) is 0 Å². The molecule has 3 heterocycles. The number of piperazine rings is 1. The van der Waals surface area contributed by atoms with E-state index in [1.54, 1.807) is 18.3 Å². The lowest BCUT2D eigenvalue weighted by atomic mass is 10.1. The first kappa shape index (κ1) is 26.3. The van der Waals surface area contributed by atoms with Crippen LogP contribution in [0, 0.1) is 5.82 Å². The molecule has 0 atom stereocenters. The summed E-state index contributed by atoms with van der Waals surface area (Å²) in [4.78, 5) is 25.1. The van der Waals surface area contributed by atoms with Crippen LogP contribution in [-0.2, 0) is 4.79 Å². The number of fused-ring (bicyclic) bond motifs is 1. The van der Waals surface area contributed by atoms with Gasteiger partial charge in [0.05, 0.1) is 11.3 Å². The van der Waals surface area contributed by atoms with E-state index < -0.39 is 11.4 Å². The molecule has 202 valence electrons. The van der Waals surface area contributed by atoms with E-state index in [0.29, 0.717) is 17.9 Å². The highest BCUT2D eigenvalue weighted by atomic mass is 19.1. The average Bonchev–Trinajstić information content (AvgIpc) is 3.33. The lowest BCUT2D eigenvalue weighted by Gasteiger charge is -2.38. The third-order valence-electron chi connectivity index (χ3n) is 6.55. The van der Waals surface area contributed by atoms with Crippen molar-refractivity contribution >= 4 is 40.0 Å². The van der Waals surface area contributed by atoms with E-state index in [1.807, 2.05) is 54.9 Å². The number of aliphatic hydroxyl groups is 1. The second-order valence-corrected chi connectivity index (χ2v) is 10.3. The standard InChI is InChI=1S/C29H32FN7O2/c1-4-26(38)32-21-6-5-7-23(16-21)37-11-10-20-18-31-28(34-27(20)37)33-25-9-8-22(17-24(25)30)36-14-12-35(13-15-36)19-29(2,3)39/h4-11,16-18,39H,1,12-15,19H2,2-3H3,(H,32,38)(H,31,33,34). The number of rotatable bonds is 8. The number of carbonyl (C=O) groups excluding carboxylic acids is 1. The van der Waals surface area contributed by atoms with Gasteiger partial charge in [0.15, 0.2) is 0 Å². The zero-order chi connectivity index (χ0) is 27.6. The van der Waals surface area contributed by atoms with Gasteiger partial charge in [-0.25, -0.2) is 9.37 Å². The highest BCUT2D eigenvalue weighted by Crippen LogP contribution is 2.27. The summed E-state index contributed by atoms with van der Waals surface area (Å²) in [7, 11) is 0. The highest BCUT2D eigenvalue weighted by Gasteiger charge is 2.23. The molecule has 0 spiro atoms. The highest BCUT2D eigenvalue weighted by molar-refractivity contribution is 5.99. The minimum atomic E-state index is -0.735. The molecule has 1 aliphatic heterocycles. The van der Waals surface area contributed by atoms with Crippen LogP contribution < -0.4 is 15.5 Å². The quantitative estimate of drug-likeness (QED) is 0.293. The largest absolute Gasteiger partial charge is 0.389 e. The summed E-state index contributed by atoms with van der Waals surface area (Å²) in [6, 6.07) is 14.4. The zero-order valence-corrected chi connectivity index (χ0v) is 22.1. The predicted octanol–water partition coefficient (Wildman–Crippen LogP) is 4.32. The van der Waals surface area contributed by atoms with Gasteiger partial charge < -0.3 is 25.2 Å². The molecule has 2 aromatic carbocycles. The van der Waals surface area contributed by atoms with Gasteiger partial charge in [-0.3, -0.25) is 9.69 Å². The van der Waals surface area contributed by atoms with E-state index in [-0.39, 0.29) is 17.5 Å². The molecule has 10 heteroatoms. The Morgan fingerprint density at radius 1 is 1.13 bits per heavy atom. The lowest BCUT2D eigenvalue weighted by Crippen LogP contribution is -2.50. The number of aromatic nitrogens is 3. The second-order valence-electron chi connectivity index (χ2n) is 10.3. The van der Waals surface area contributed by atoms with Gasteiger partial charge in [-0.2, -0.15) is 4.98 Å². The fourth-order valence-electron chi connectivity index (χ4n) is 4.75. The summed E-state index contributed by atoms with van der Waals surface area (Å²) in [6.45, 7) is 10.9. The van der Waals surface area contributed by atoms with E-state index in [2.05, 4.69) is 37.0 Å². The van der Waals surface area contributed by atoms with Crippen molar-refractivity contribution in [1.82, 2.24) is 19.4 Å². The summed E-state index contributed by atoms with van der Waals surface area (Å²) in [5, 5.41) is 16.7. The Morgan fingerprint density at radius 2 is 1.92 bits per heavy atom. The number of β-amino-alcohol motifs (C(OH)–C–C–N with tert-alkyl or cyclic N) is 1. The molecular formula is C29H32FN7O2. The van der Waals surface area contributed by atoms with Gasteiger partial charge in [-0.15, -0.1) is 0 Å². The van der Waals surface area contributed by atoms with Crippen molar-refractivity contribution in [3.63, 3.8) is 0 Å². The van der Waals surface area contributed by atoms with Crippen LogP contribution in [0.5, 0.6) is 0 Å². The molecule has 1 amide bonds. The van der Waals surface area contributed by atoms with Crippen molar-refractivity contribution in [2.45, 2.75) is 19.4 Å². The monoisotopic (exact) mass is 529 g/mol. The Labute approximate surface area is 226 Å². The number of hydrogen-bond acceptors (Lipinski definition) is 7. The van der Waals surface area contributed by atoms with Gasteiger partial charge in [-0.05, 0) is 62.4 Å². The van der Waals surface area contributed by atoms with Crippen LogP contribution in [-0.4, -0.2) is 68.8 Å². The zero-order valence-electron chi connectivity index (χ0n) is 22.1. The van der Waals surface area contributed by atoms with Gasteiger partial charge in [0.1, 0.15) is 11.5 Å². The Bertz CT molecular complexity index is 1500. The molecule has 0 aliphatic carbocycles. The molecule has 2 aromatic heterocycles. The molecule has 3 N–H and O–H groups in total. The lowest BCUT2D eigenvalue weighted by molar-refractivity contribution is -0.111. The van der Waals surface area contributed by atoms with Gasteiger partial charge in [0.25, 0.3) is 0 Å². The summed E-state index contributed by atoms with van der Waals surface area (Å²) in [5.74, 6) is -0.416. The molecule has 1 aliphatic rings. The molecule has 1 fully saturated rings. The summed E-state index contributed by atoms with van der Waals surface area (Å²) in [6.07, 6.45) is 4.77. The molecule has 0 bridgehead atoms. The van der Waals surface area contributed by atoms with Crippen molar-refractivity contribution in [2.75, 3.05) is 48.3 Å². The number of hydrogen-bond donors (Lipinski definition) is 3. The minimum Gasteiger partial charge on any atom is -0.389 e. The van der Waals surface area contributed by atoms with Gasteiger partial charge in [-0.1, -0.05) is 12.6 Å². The van der Waals surface area contributed by atoms with E-state index in [9.17, 15) is 9.90 Å². The first-order valence-electron chi connectivity index (χ1n) is 12.8. The maximum absolute atomic E-state index is 15.1. The molecule has 4 aromatic rings. The van der Waals surface area contributed by atoms with Crippen molar-refractivity contribution in [3.8, 4) is 5.69 Å². The maximum Gasteiger partial charge on any atom is 0.247 e. The van der Waals surface area contributed by atoms with E-state index in [0.717, 1.165) is 42.9 Å². The number of nitrogens with zero attached hydrogens (tertiary/aromatic N) is 5. The molecule has 39 heavy (non-hydrogen) atoms. The first-order valence-corrected chi connectivity index (χ1v) is 12.8. The first-order chi connectivity index (χ1) is 18.7. The number of carbonyl (C=O) groups is 1. The van der Waals surface area contributed by atoms with E-state index in [1.165, 1.54) is 12.1 Å². The third-order valence-corrected chi connectivity index (χ3v) is 6.55. The SMILES string of the molecule is C=CC(=O)Nc1cccc(-n2ccc3cnc(Nc4ccc(N5CCN(CC(C)(C)O)CC5)cc4F)nc32)c1. The van der Waals surface area contributed by atoms with Crippen LogP contribution >= 0.6 is 0 Å². The van der Waals surface area contributed by atoms with Crippen molar-refractivity contribution in [3.05, 3.63) is 79.4 Å². The molecule has 1 saturated heterocycles. The van der Waals surface area contributed by atoms with Gasteiger partial charge >= 0.3 is 0 Å². The maximum atomic E-state index is 15.1. The van der Waals surface area contributed by atoms with Crippen LogP contribution in [0.4, 0.5) is 27.4 Å². The normalized spacial score (nSPS) is 14.4. The van der Waals surface area contributed by atoms with Crippen molar-refractivity contribution < 1.29 is 14.3 Å². The van der Waals surface area contributed by atoms with E-state index >= 15 is 4.39 Å². The number of nitrogens with one attached hydrogen (secondary N) is 2. The Kier molecular flexibility index (Phi) is 7.32. The van der Waals surface area contributed by atoms with Crippen LogP contribution in [0.1, 0.15) is 13.8 Å². The number of anilines is 4. The van der Waals surface area contributed by atoms with Crippen molar-refractivity contribution in [1.29, 1.82) is 0 Å². The fourth-order valence-corrected chi connectivity index (χ4v) is 4.75. The van der Waals surface area contributed by atoms with Crippen LogP contribution in [0.2, 0.25) is 0 Å². The Morgan fingerprint density at radius 3 is 2.64 bits per heavy atom. The molecule has 5 rings (SSSR count). The smallest absolute Gasteiger partial charge is 0.247 e. The fraction of sp³-hybridized carbons (Fsp3) is 0.276. The molecule has 0 radical (unpaired) electrons. The number of benzene rings is 2. The van der Waals surface area contributed by atoms with Crippen LogP contribution in [0.15, 0.2) is 73.6 Å². The molecule has 0 unspecified atom stereocenters. The topological polar surface area (TPSA) is 98.6 Å². The Balaban J connectivity index is 1.31. The third kappa shape index (κ3) is 6.24. The number of amides is 1. The molecule has 0 saturated carbocycles. The number of halogens is 1. The predicted molar refractivity (Wildman–Crippen MR) is 152 cm³/mol. The Hall–Kier alpha value is -4.28. The second kappa shape index (κ2) is 10.8. The minimum absolute atomic E-state index is 0.269. The van der Waals surface area contributed by atoms with Gasteiger partial charge in [0.2, 0.25) is 11.9 Å². The van der Waals surface area contributed by atoms with Crippen LogP contribution in [0.25, 0.3) is 16.7 Å². The molecule has 9 nitrogen and oxygen atoms in total. The summed E-state index contributed by atoms with van der Waals surface area (Å²) in [5.41, 5.74) is 2.44. The summed E-state index contributed by atoms with van der Waals surface area (Å²) < 4.78 is 17.0. The van der Waals surface area contributed by atoms with Crippen LogP contribution in [0.3, 0.4) is 0 Å².